The average Bonchev–Trinajstić information content (AvgIpc) is 2.10. The Morgan fingerprint density at radius 3 is 2.50 bits per heavy atom. The van der Waals surface area contributed by atoms with Crippen LogP contribution in [0.15, 0.2) is 18.2 Å². The van der Waals surface area contributed by atoms with E-state index in [2.05, 4.69) is 0 Å². The summed E-state index contributed by atoms with van der Waals surface area (Å²) in [4.78, 5) is 0. The van der Waals surface area contributed by atoms with Crippen LogP contribution < -0.4 is 0 Å². The predicted octanol–water partition coefficient (Wildman–Crippen LogP) is 2.07. The van der Waals surface area contributed by atoms with Crippen molar-refractivity contribution >= 4 is 0 Å². The summed E-state index contributed by atoms with van der Waals surface area (Å²) in [7, 11) is 0. The van der Waals surface area contributed by atoms with Gasteiger partial charge in [0.25, 0.3) is 0 Å². The fourth-order valence-electron chi connectivity index (χ4n) is 1.14. The molecule has 3 nitrogen and oxygen atoms in total. The molecule has 14 heavy (non-hydrogen) atoms. The van der Waals surface area contributed by atoms with Crippen molar-refractivity contribution in [3.63, 3.8) is 0 Å². The highest BCUT2D eigenvalue weighted by molar-refractivity contribution is 5.40. The molecular formula is C11H16O3. The largest absolute Gasteiger partial charge is 0.504 e. The van der Waals surface area contributed by atoms with Crippen molar-refractivity contribution in [3.05, 3.63) is 23.8 Å². The minimum absolute atomic E-state index is 0.0768. The smallest absolute Gasteiger partial charge is 0.157 e. The molecule has 0 heterocycles. The number of benzene rings is 1. The molecule has 0 aliphatic carbocycles. The lowest BCUT2D eigenvalue weighted by molar-refractivity contribution is 0.0813. The topological polar surface area (TPSA) is 49.7 Å². The van der Waals surface area contributed by atoms with E-state index in [-0.39, 0.29) is 17.6 Å². The zero-order chi connectivity index (χ0) is 10.6. The van der Waals surface area contributed by atoms with E-state index >= 15 is 0 Å². The summed E-state index contributed by atoms with van der Waals surface area (Å²) in [5.74, 6) is -0.162. The van der Waals surface area contributed by atoms with Gasteiger partial charge in [0, 0.05) is 0 Å². The van der Waals surface area contributed by atoms with Gasteiger partial charge < -0.3 is 14.9 Å². The maximum atomic E-state index is 9.22. The molecule has 2 N–H and O–H groups in total. The van der Waals surface area contributed by atoms with E-state index in [1.54, 1.807) is 12.1 Å². The zero-order valence-electron chi connectivity index (χ0n) is 8.53. The third-order valence-electron chi connectivity index (χ3n) is 1.88. The summed E-state index contributed by atoms with van der Waals surface area (Å²) < 4.78 is 5.37. The first-order valence-corrected chi connectivity index (χ1v) is 4.72. The highest BCUT2D eigenvalue weighted by Crippen LogP contribution is 2.24. The van der Waals surface area contributed by atoms with Crippen LogP contribution in [-0.4, -0.2) is 22.9 Å². The lowest BCUT2D eigenvalue weighted by atomic mass is 10.1. The molecule has 1 aromatic rings. The summed E-state index contributed by atoms with van der Waals surface area (Å²) in [6, 6.07) is 4.82. The number of ether oxygens (including phenoxy) is 1. The van der Waals surface area contributed by atoms with Gasteiger partial charge in [0.1, 0.15) is 0 Å². The van der Waals surface area contributed by atoms with Crippen molar-refractivity contribution in [2.24, 2.45) is 0 Å². The van der Waals surface area contributed by atoms with Crippen molar-refractivity contribution < 1.29 is 14.9 Å². The highest BCUT2D eigenvalue weighted by Gasteiger charge is 2.01. The maximum Gasteiger partial charge on any atom is 0.157 e. The Hall–Kier alpha value is -1.22. The van der Waals surface area contributed by atoms with E-state index in [1.165, 1.54) is 6.07 Å². The number of rotatable bonds is 4. The molecule has 1 rings (SSSR count). The first kappa shape index (κ1) is 10.9. The van der Waals surface area contributed by atoms with Gasteiger partial charge >= 0.3 is 0 Å². The molecule has 0 unspecified atom stereocenters. The minimum Gasteiger partial charge on any atom is -0.504 e. The normalized spacial score (nSPS) is 10.8. The third-order valence-corrected chi connectivity index (χ3v) is 1.88. The van der Waals surface area contributed by atoms with Gasteiger partial charge in [-0.25, -0.2) is 0 Å². The van der Waals surface area contributed by atoms with E-state index < -0.39 is 0 Å². The van der Waals surface area contributed by atoms with Crippen molar-refractivity contribution in [1.29, 1.82) is 0 Å². The molecule has 0 aliphatic heterocycles. The van der Waals surface area contributed by atoms with Crippen LogP contribution in [0, 0.1) is 0 Å². The quantitative estimate of drug-likeness (QED) is 0.725. The number of phenols is 2. The molecule has 0 aromatic heterocycles. The molecule has 0 amide bonds. The van der Waals surface area contributed by atoms with Crippen molar-refractivity contribution in [2.45, 2.75) is 26.4 Å². The third kappa shape index (κ3) is 3.26. The molecule has 0 spiro atoms. The van der Waals surface area contributed by atoms with Crippen LogP contribution in [0.2, 0.25) is 0 Å². The van der Waals surface area contributed by atoms with Crippen molar-refractivity contribution in [3.8, 4) is 11.5 Å². The molecule has 0 radical (unpaired) electrons. The van der Waals surface area contributed by atoms with Crippen LogP contribution in [0.25, 0.3) is 0 Å². The zero-order valence-corrected chi connectivity index (χ0v) is 8.53. The Morgan fingerprint density at radius 2 is 1.93 bits per heavy atom. The Balaban J connectivity index is 2.47. The number of phenolic OH excluding ortho intramolecular Hbond substituents is 2. The SMILES string of the molecule is CC(C)OCCc1ccc(O)c(O)c1. The van der Waals surface area contributed by atoms with Crippen LogP contribution >= 0.6 is 0 Å². The van der Waals surface area contributed by atoms with Crippen LogP contribution in [0.5, 0.6) is 11.5 Å². The maximum absolute atomic E-state index is 9.22. The Kier molecular flexibility index (Phi) is 3.77. The Labute approximate surface area is 84.0 Å². The van der Waals surface area contributed by atoms with Crippen molar-refractivity contribution in [2.75, 3.05) is 6.61 Å². The molecule has 1 aromatic carbocycles. The molecule has 0 atom stereocenters. The second-order valence-electron chi connectivity index (χ2n) is 3.49. The summed E-state index contributed by atoms with van der Waals surface area (Å²) in [5.41, 5.74) is 0.959. The van der Waals surface area contributed by atoms with Gasteiger partial charge in [-0.15, -0.1) is 0 Å². The highest BCUT2D eigenvalue weighted by atomic mass is 16.5. The number of aromatic hydroxyl groups is 2. The van der Waals surface area contributed by atoms with Crippen LogP contribution in [0.4, 0.5) is 0 Å². The lowest BCUT2D eigenvalue weighted by Gasteiger charge is -2.07. The summed E-state index contributed by atoms with van der Waals surface area (Å²) in [6.45, 7) is 4.59. The monoisotopic (exact) mass is 196 g/mol. The number of hydrogen-bond acceptors (Lipinski definition) is 3. The van der Waals surface area contributed by atoms with Gasteiger partial charge in [-0.3, -0.25) is 0 Å². The minimum atomic E-state index is -0.0847. The van der Waals surface area contributed by atoms with Crippen molar-refractivity contribution in [1.82, 2.24) is 0 Å². The fourth-order valence-corrected chi connectivity index (χ4v) is 1.14. The molecule has 0 fully saturated rings. The second kappa shape index (κ2) is 4.86. The Morgan fingerprint density at radius 1 is 1.21 bits per heavy atom. The van der Waals surface area contributed by atoms with E-state index in [0.717, 1.165) is 12.0 Å². The molecule has 0 bridgehead atoms. The average molecular weight is 196 g/mol. The molecule has 0 saturated heterocycles. The van der Waals surface area contributed by atoms with Gasteiger partial charge in [0.05, 0.1) is 12.7 Å². The second-order valence-corrected chi connectivity index (χ2v) is 3.49. The van der Waals surface area contributed by atoms with Gasteiger partial charge in [-0.1, -0.05) is 6.07 Å². The summed E-state index contributed by atoms with van der Waals surface area (Å²) >= 11 is 0. The Bertz CT molecular complexity index is 295. The summed E-state index contributed by atoms with van der Waals surface area (Å²) in [5, 5.41) is 18.3. The van der Waals surface area contributed by atoms with E-state index in [9.17, 15) is 5.11 Å². The van der Waals surface area contributed by atoms with Gasteiger partial charge in [-0.05, 0) is 38.0 Å². The molecular weight excluding hydrogens is 180 g/mol. The molecule has 3 heteroatoms. The van der Waals surface area contributed by atoms with Gasteiger partial charge in [0.2, 0.25) is 0 Å². The molecule has 78 valence electrons. The lowest BCUT2D eigenvalue weighted by Crippen LogP contribution is -2.05. The van der Waals surface area contributed by atoms with Crippen LogP contribution in [-0.2, 0) is 11.2 Å². The van der Waals surface area contributed by atoms with E-state index in [4.69, 9.17) is 9.84 Å². The molecule has 0 saturated carbocycles. The summed E-state index contributed by atoms with van der Waals surface area (Å²) in [6.07, 6.45) is 0.965. The van der Waals surface area contributed by atoms with Gasteiger partial charge in [-0.2, -0.15) is 0 Å². The standard InChI is InChI=1S/C11H16O3/c1-8(2)14-6-5-9-3-4-10(12)11(13)7-9/h3-4,7-8,12-13H,5-6H2,1-2H3. The van der Waals surface area contributed by atoms with Crippen LogP contribution in [0.1, 0.15) is 19.4 Å². The first-order valence-electron chi connectivity index (χ1n) is 4.72. The predicted molar refractivity (Wildman–Crippen MR) is 54.6 cm³/mol. The van der Waals surface area contributed by atoms with E-state index in [0.29, 0.717) is 6.61 Å². The molecule has 0 aliphatic rings. The number of hydrogen-bond donors (Lipinski definition) is 2. The van der Waals surface area contributed by atoms with Crippen LogP contribution in [0.3, 0.4) is 0 Å². The van der Waals surface area contributed by atoms with Gasteiger partial charge in [0.15, 0.2) is 11.5 Å². The van der Waals surface area contributed by atoms with E-state index in [1.807, 2.05) is 13.8 Å². The first-order chi connectivity index (χ1) is 6.59. The fraction of sp³-hybridized carbons (Fsp3) is 0.455.